The SMILES string of the molecule is COC(=O)c1cc([N+](=O)[O-])cc([N+](=O)[O-])c1N1CCN(C)CC1. The van der Waals surface area contributed by atoms with Gasteiger partial charge in [0.2, 0.25) is 0 Å². The lowest BCUT2D eigenvalue weighted by Crippen LogP contribution is -2.45. The fourth-order valence-corrected chi connectivity index (χ4v) is 2.48. The van der Waals surface area contributed by atoms with Crippen molar-refractivity contribution in [1.82, 2.24) is 4.90 Å². The number of nitro groups is 2. The summed E-state index contributed by atoms with van der Waals surface area (Å²) in [5, 5.41) is 22.3. The Morgan fingerprint density at radius 2 is 1.74 bits per heavy atom. The third-order valence-electron chi connectivity index (χ3n) is 3.71. The Balaban J connectivity index is 2.62. The van der Waals surface area contributed by atoms with Crippen LogP contribution in [0.1, 0.15) is 10.4 Å². The number of nitro benzene ring substituents is 2. The molecule has 0 saturated carbocycles. The lowest BCUT2D eigenvalue weighted by atomic mass is 10.1. The van der Waals surface area contributed by atoms with Crippen LogP contribution in [0.4, 0.5) is 17.1 Å². The minimum Gasteiger partial charge on any atom is -0.465 e. The zero-order valence-electron chi connectivity index (χ0n) is 12.7. The van der Waals surface area contributed by atoms with Gasteiger partial charge in [-0.25, -0.2) is 4.79 Å². The van der Waals surface area contributed by atoms with E-state index >= 15 is 0 Å². The second-order valence-corrected chi connectivity index (χ2v) is 5.16. The predicted molar refractivity (Wildman–Crippen MR) is 80.8 cm³/mol. The molecule has 0 bridgehead atoms. The topological polar surface area (TPSA) is 119 Å². The van der Waals surface area contributed by atoms with Crippen LogP contribution in [0.2, 0.25) is 0 Å². The van der Waals surface area contributed by atoms with E-state index in [0.717, 1.165) is 19.2 Å². The van der Waals surface area contributed by atoms with Gasteiger partial charge in [-0.3, -0.25) is 20.2 Å². The number of piperazine rings is 1. The van der Waals surface area contributed by atoms with Crippen LogP contribution in [-0.4, -0.2) is 61.1 Å². The highest BCUT2D eigenvalue weighted by Gasteiger charge is 2.32. The highest BCUT2D eigenvalue weighted by atomic mass is 16.6. The normalized spacial score (nSPS) is 15.3. The number of rotatable bonds is 4. The largest absolute Gasteiger partial charge is 0.465 e. The maximum absolute atomic E-state index is 12.0. The van der Waals surface area contributed by atoms with E-state index in [9.17, 15) is 25.0 Å². The van der Waals surface area contributed by atoms with Crippen molar-refractivity contribution in [2.24, 2.45) is 0 Å². The van der Waals surface area contributed by atoms with E-state index in [0.29, 0.717) is 26.2 Å². The number of anilines is 1. The van der Waals surface area contributed by atoms with Crippen molar-refractivity contribution in [1.29, 1.82) is 0 Å². The second-order valence-electron chi connectivity index (χ2n) is 5.16. The van der Waals surface area contributed by atoms with Crippen LogP contribution in [0.15, 0.2) is 12.1 Å². The minimum atomic E-state index is -0.842. The maximum Gasteiger partial charge on any atom is 0.340 e. The zero-order valence-corrected chi connectivity index (χ0v) is 12.7. The van der Waals surface area contributed by atoms with E-state index in [1.807, 2.05) is 11.9 Å². The molecule has 1 aliphatic rings. The smallest absolute Gasteiger partial charge is 0.340 e. The lowest BCUT2D eigenvalue weighted by molar-refractivity contribution is -0.393. The fraction of sp³-hybridized carbons (Fsp3) is 0.462. The molecule has 2 rings (SSSR count). The number of esters is 1. The van der Waals surface area contributed by atoms with Gasteiger partial charge in [0.15, 0.2) is 0 Å². The van der Waals surface area contributed by atoms with Crippen molar-refractivity contribution in [3.63, 3.8) is 0 Å². The van der Waals surface area contributed by atoms with E-state index in [-0.39, 0.29) is 11.3 Å². The summed E-state index contributed by atoms with van der Waals surface area (Å²) in [5.74, 6) is -0.842. The lowest BCUT2D eigenvalue weighted by Gasteiger charge is -2.34. The molecular weight excluding hydrogens is 308 g/mol. The van der Waals surface area contributed by atoms with E-state index in [1.54, 1.807) is 4.90 Å². The molecule has 10 heteroatoms. The molecule has 0 amide bonds. The average molecular weight is 324 g/mol. The van der Waals surface area contributed by atoms with Crippen LogP contribution in [0, 0.1) is 20.2 Å². The van der Waals surface area contributed by atoms with Crippen LogP contribution < -0.4 is 4.90 Å². The molecule has 1 fully saturated rings. The van der Waals surface area contributed by atoms with Crippen LogP contribution in [-0.2, 0) is 4.74 Å². The van der Waals surface area contributed by atoms with Crippen LogP contribution in [0.25, 0.3) is 0 Å². The van der Waals surface area contributed by atoms with Crippen LogP contribution in [0.5, 0.6) is 0 Å². The molecule has 23 heavy (non-hydrogen) atoms. The highest BCUT2D eigenvalue weighted by molar-refractivity contribution is 5.99. The molecule has 1 aromatic rings. The Kier molecular flexibility index (Phi) is 4.74. The number of methoxy groups -OCH3 is 1. The number of hydrogen-bond donors (Lipinski definition) is 0. The number of carbonyl (C=O) groups is 1. The molecule has 0 atom stereocenters. The van der Waals surface area contributed by atoms with Crippen molar-refractivity contribution in [2.45, 2.75) is 0 Å². The van der Waals surface area contributed by atoms with Crippen LogP contribution >= 0.6 is 0 Å². The van der Waals surface area contributed by atoms with Crippen molar-refractivity contribution < 1.29 is 19.4 Å². The zero-order chi connectivity index (χ0) is 17.1. The number of likely N-dealkylation sites (N-methyl/N-ethyl adjacent to an activating group) is 1. The number of ether oxygens (including phenoxy) is 1. The monoisotopic (exact) mass is 324 g/mol. The van der Waals surface area contributed by atoms with Crippen molar-refractivity contribution in [2.75, 3.05) is 45.2 Å². The molecule has 0 unspecified atom stereocenters. The predicted octanol–water partition coefficient (Wildman–Crippen LogP) is 1.04. The summed E-state index contributed by atoms with van der Waals surface area (Å²) in [4.78, 5) is 36.6. The van der Waals surface area contributed by atoms with Crippen LogP contribution in [0.3, 0.4) is 0 Å². The maximum atomic E-state index is 12.0. The van der Waals surface area contributed by atoms with Gasteiger partial charge in [0.05, 0.1) is 28.6 Å². The quantitative estimate of drug-likeness (QED) is 0.458. The summed E-state index contributed by atoms with van der Waals surface area (Å²) in [6.45, 7) is 2.27. The van der Waals surface area contributed by atoms with Crippen molar-refractivity contribution >= 4 is 23.0 Å². The van der Waals surface area contributed by atoms with Gasteiger partial charge in [0, 0.05) is 32.2 Å². The molecule has 0 radical (unpaired) electrons. The molecule has 10 nitrogen and oxygen atoms in total. The van der Waals surface area contributed by atoms with Gasteiger partial charge in [-0.2, -0.15) is 0 Å². The summed E-state index contributed by atoms with van der Waals surface area (Å²) in [7, 11) is 3.05. The number of benzene rings is 1. The van der Waals surface area contributed by atoms with Crippen molar-refractivity contribution in [3.05, 3.63) is 37.9 Å². The number of non-ortho nitro benzene ring substituents is 1. The Morgan fingerprint density at radius 3 is 2.22 bits per heavy atom. The Morgan fingerprint density at radius 1 is 1.13 bits per heavy atom. The Bertz CT molecular complexity index is 654. The number of hydrogen-bond acceptors (Lipinski definition) is 8. The van der Waals surface area contributed by atoms with Gasteiger partial charge >= 0.3 is 5.97 Å². The summed E-state index contributed by atoms with van der Waals surface area (Å²) in [6, 6.07) is 1.90. The first-order valence-corrected chi connectivity index (χ1v) is 6.83. The van der Waals surface area contributed by atoms with Gasteiger partial charge in [-0.1, -0.05) is 0 Å². The summed E-state index contributed by atoms with van der Waals surface area (Å²) >= 11 is 0. The summed E-state index contributed by atoms with van der Waals surface area (Å²) < 4.78 is 4.64. The standard InChI is InChI=1S/C13H16N4O6/c1-14-3-5-15(6-4-14)12-10(13(18)23-2)7-9(16(19)20)8-11(12)17(21)22/h7-8H,3-6H2,1-2H3. The van der Waals surface area contributed by atoms with E-state index in [4.69, 9.17) is 0 Å². The first kappa shape index (κ1) is 16.6. The minimum absolute atomic E-state index is 0.0700. The summed E-state index contributed by atoms with van der Waals surface area (Å²) in [5.41, 5.74) is -1.09. The molecule has 0 spiro atoms. The molecule has 0 aromatic heterocycles. The van der Waals surface area contributed by atoms with Gasteiger partial charge in [-0.05, 0) is 7.05 Å². The molecule has 1 saturated heterocycles. The van der Waals surface area contributed by atoms with Crippen molar-refractivity contribution in [3.8, 4) is 0 Å². The molecular formula is C13H16N4O6. The average Bonchev–Trinajstić information content (AvgIpc) is 2.53. The molecule has 1 aliphatic heterocycles. The van der Waals surface area contributed by atoms with E-state index in [2.05, 4.69) is 4.74 Å². The molecule has 1 heterocycles. The molecule has 0 N–H and O–H groups in total. The van der Waals surface area contributed by atoms with Gasteiger partial charge in [-0.15, -0.1) is 0 Å². The first-order chi connectivity index (χ1) is 10.8. The summed E-state index contributed by atoms with van der Waals surface area (Å²) in [6.07, 6.45) is 0. The third kappa shape index (κ3) is 3.37. The number of nitrogens with zero attached hydrogens (tertiary/aromatic N) is 4. The molecule has 1 aromatic carbocycles. The van der Waals surface area contributed by atoms with Gasteiger partial charge < -0.3 is 14.5 Å². The van der Waals surface area contributed by atoms with Gasteiger partial charge in [0.1, 0.15) is 5.69 Å². The first-order valence-electron chi connectivity index (χ1n) is 6.83. The fourth-order valence-electron chi connectivity index (χ4n) is 2.48. The highest BCUT2D eigenvalue weighted by Crippen LogP contribution is 2.37. The van der Waals surface area contributed by atoms with Gasteiger partial charge in [0.25, 0.3) is 11.4 Å². The molecule has 124 valence electrons. The number of carbonyl (C=O) groups excluding carboxylic acids is 1. The second kappa shape index (κ2) is 6.57. The third-order valence-corrected chi connectivity index (χ3v) is 3.71. The van der Waals surface area contributed by atoms with E-state index < -0.39 is 27.2 Å². The Labute approximate surface area is 131 Å². The Hall–Kier alpha value is -2.75. The molecule has 0 aliphatic carbocycles. The van der Waals surface area contributed by atoms with E-state index in [1.165, 1.54) is 0 Å².